The van der Waals surface area contributed by atoms with Gasteiger partial charge in [0.25, 0.3) is 0 Å². The highest BCUT2D eigenvalue weighted by Crippen LogP contribution is 2.25. The van der Waals surface area contributed by atoms with Gasteiger partial charge in [-0.3, -0.25) is 9.69 Å². The molecule has 138 valence electrons. The van der Waals surface area contributed by atoms with Crippen LogP contribution in [-0.4, -0.2) is 37.0 Å². The molecule has 2 N–H and O–H groups in total. The van der Waals surface area contributed by atoms with E-state index in [9.17, 15) is 4.79 Å². The Kier molecular flexibility index (Phi) is 6.88. The largest absolute Gasteiger partial charge is 0.326 e. The van der Waals surface area contributed by atoms with E-state index in [2.05, 4.69) is 40.7 Å². The van der Waals surface area contributed by atoms with Gasteiger partial charge in [-0.25, -0.2) is 0 Å². The minimum atomic E-state index is 0.154. The number of amides is 1. The Labute approximate surface area is 152 Å². The van der Waals surface area contributed by atoms with E-state index in [-0.39, 0.29) is 5.91 Å². The van der Waals surface area contributed by atoms with Gasteiger partial charge in [-0.2, -0.15) is 0 Å². The average Bonchev–Trinajstić information content (AvgIpc) is 2.63. The van der Waals surface area contributed by atoms with Gasteiger partial charge >= 0.3 is 0 Å². The summed E-state index contributed by atoms with van der Waals surface area (Å²) in [6.45, 7) is 7.80. The van der Waals surface area contributed by atoms with Crippen LogP contribution in [0.25, 0.3) is 0 Å². The normalized spacial score (nSPS) is 21.0. The Balaban J connectivity index is 1.49. The van der Waals surface area contributed by atoms with Crippen LogP contribution in [0.3, 0.4) is 0 Å². The molecule has 2 fully saturated rings. The summed E-state index contributed by atoms with van der Waals surface area (Å²) in [7, 11) is 0. The van der Waals surface area contributed by atoms with Gasteiger partial charge in [0, 0.05) is 18.7 Å². The van der Waals surface area contributed by atoms with Crippen molar-refractivity contribution in [3.8, 4) is 0 Å². The first-order chi connectivity index (χ1) is 12.2. The van der Waals surface area contributed by atoms with E-state index in [0.29, 0.717) is 18.3 Å². The van der Waals surface area contributed by atoms with Gasteiger partial charge in [0.2, 0.25) is 5.91 Å². The number of likely N-dealkylation sites (tertiary alicyclic amines) is 1. The third kappa shape index (κ3) is 5.82. The first kappa shape index (κ1) is 18.4. The molecule has 25 heavy (non-hydrogen) atoms. The number of hydrogen-bond donors (Lipinski definition) is 2. The summed E-state index contributed by atoms with van der Waals surface area (Å²) in [6.07, 6.45) is 7.00. The monoisotopic (exact) mass is 343 g/mol. The minimum Gasteiger partial charge on any atom is -0.326 e. The first-order valence-electron chi connectivity index (χ1n) is 10.0. The Morgan fingerprint density at radius 1 is 1.24 bits per heavy atom. The maximum atomic E-state index is 12.4. The van der Waals surface area contributed by atoms with E-state index in [1.807, 2.05) is 6.07 Å². The number of nitrogens with zero attached hydrogens (tertiary/aromatic N) is 1. The second-order valence-electron chi connectivity index (χ2n) is 7.85. The fourth-order valence-electron chi connectivity index (χ4n) is 4.21. The maximum absolute atomic E-state index is 12.4. The third-order valence-corrected chi connectivity index (χ3v) is 5.76. The van der Waals surface area contributed by atoms with Crippen molar-refractivity contribution in [2.24, 2.45) is 11.8 Å². The number of carbonyl (C=O) groups is 1. The lowest BCUT2D eigenvalue weighted by Crippen LogP contribution is -2.32. The van der Waals surface area contributed by atoms with E-state index in [1.54, 1.807) is 0 Å². The summed E-state index contributed by atoms with van der Waals surface area (Å²) < 4.78 is 0. The molecule has 2 aliphatic rings. The molecule has 0 saturated carbocycles. The highest BCUT2D eigenvalue weighted by molar-refractivity contribution is 5.90. The summed E-state index contributed by atoms with van der Waals surface area (Å²) in [5.41, 5.74) is 2.24. The van der Waals surface area contributed by atoms with Crippen molar-refractivity contribution >= 4 is 11.6 Å². The molecule has 1 aromatic rings. The molecular weight excluding hydrogens is 310 g/mol. The van der Waals surface area contributed by atoms with Crippen molar-refractivity contribution in [3.63, 3.8) is 0 Å². The molecule has 1 aromatic carbocycles. The molecule has 3 rings (SSSR count). The molecule has 2 aliphatic heterocycles. The van der Waals surface area contributed by atoms with Crippen LogP contribution in [0.5, 0.6) is 0 Å². The van der Waals surface area contributed by atoms with Crippen LogP contribution in [0.1, 0.15) is 51.0 Å². The van der Waals surface area contributed by atoms with Gasteiger partial charge < -0.3 is 10.6 Å². The molecule has 0 aromatic heterocycles. The maximum Gasteiger partial charge on any atom is 0.224 e. The summed E-state index contributed by atoms with van der Waals surface area (Å²) >= 11 is 0. The molecule has 0 bridgehead atoms. The van der Waals surface area contributed by atoms with Gasteiger partial charge in [0.05, 0.1) is 0 Å². The van der Waals surface area contributed by atoms with Crippen molar-refractivity contribution in [2.45, 2.75) is 52.0 Å². The van der Waals surface area contributed by atoms with E-state index in [0.717, 1.165) is 25.3 Å². The molecule has 2 saturated heterocycles. The van der Waals surface area contributed by atoms with Crippen molar-refractivity contribution in [2.75, 3.05) is 31.5 Å². The molecule has 0 radical (unpaired) electrons. The van der Waals surface area contributed by atoms with Crippen molar-refractivity contribution in [3.05, 3.63) is 29.8 Å². The number of nitrogens with one attached hydrogen (secondary N) is 2. The first-order valence-corrected chi connectivity index (χ1v) is 10.0. The minimum absolute atomic E-state index is 0.154. The highest BCUT2D eigenvalue weighted by atomic mass is 16.1. The van der Waals surface area contributed by atoms with E-state index in [1.165, 1.54) is 50.8 Å². The fraction of sp³-hybridized carbons (Fsp3) is 0.667. The summed E-state index contributed by atoms with van der Waals surface area (Å²) in [5.74, 6) is 1.29. The van der Waals surface area contributed by atoms with Gasteiger partial charge in [0.1, 0.15) is 0 Å². The van der Waals surface area contributed by atoms with Crippen LogP contribution in [0.15, 0.2) is 24.3 Å². The third-order valence-electron chi connectivity index (χ3n) is 5.76. The second kappa shape index (κ2) is 9.35. The zero-order valence-electron chi connectivity index (χ0n) is 15.6. The molecule has 1 atom stereocenters. The van der Waals surface area contributed by atoms with Crippen LogP contribution >= 0.6 is 0 Å². The molecule has 0 aliphatic carbocycles. The van der Waals surface area contributed by atoms with Crippen LogP contribution < -0.4 is 10.6 Å². The van der Waals surface area contributed by atoms with Crippen molar-refractivity contribution in [1.29, 1.82) is 0 Å². The predicted octanol–water partition coefficient (Wildman–Crippen LogP) is 3.64. The molecule has 4 nitrogen and oxygen atoms in total. The van der Waals surface area contributed by atoms with Crippen LogP contribution in [-0.2, 0) is 11.3 Å². The number of rotatable bonds is 6. The quantitative estimate of drug-likeness (QED) is 0.829. The molecule has 1 amide bonds. The SMILES string of the molecule is CC(CC(=O)Nc1cccc(CN2CCCCC2)c1)C1CCNCC1. The molecular formula is C21H33N3O. The zero-order valence-corrected chi connectivity index (χ0v) is 15.6. The van der Waals surface area contributed by atoms with Crippen molar-refractivity contribution < 1.29 is 4.79 Å². The fourth-order valence-corrected chi connectivity index (χ4v) is 4.21. The van der Waals surface area contributed by atoms with Crippen LogP contribution in [0, 0.1) is 11.8 Å². The van der Waals surface area contributed by atoms with Gasteiger partial charge in [-0.1, -0.05) is 25.5 Å². The van der Waals surface area contributed by atoms with Gasteiger partial charge in [-0.15, -0.1) is 0 Å². The zero-order chi connectivity index (χ0) is 17.5. The highest BCUT2D eigenvalue weighted by Gasteiger charge is 2.22. The Bertz CT molecular complexity index is 548. The van der Waals surface area contributed by atoms with Crippen LogP contribution in [0.4, 0.5) is 5.69 Å². The number of carbonyl (C=O) groups excluding carboxylic acids is 1. The number of piperidine rings is 2. The average molecular weight is 344 g/mol. The van der Waals surface area contributed by atoms with E-state index < -0.39 is 0 Å². The number of anilines is 1. The predicted molar refractivity (Wildman–Crippen MR) is 104 cm³/mol. The van der Waals surface area contributed by atoms with Crippen LogP contribution in [0.2, 0.25) is 0 Å². The second-order valence-corrected chi connectivity index (χ2v) is 7.85. The molecule has 0 spiro atoms. The topological polar surface area (TPSA) is 44.4 Å². The van der Waals surface area contributed by atoms with Gasteiger partial charge in [0.15, 0.2) is 0 Å². The lowest BCUT2D eigenvalue weighted by molar-refractivity contribution is -0.117. The smallest absolute Gasteiger partial charge is 0.224 e. The molecule has 1 unspecified atom stereocenters. The Morgan fingerprint density at radius 3 is 2.76 bits per heavy atom. The van der Waals surface area contributed by atoms with E-state index in [4.69, 9.17) is 0 Å². The lowest BCUT2D eigenvalue weighted by Gasteiger charge is -2.28. The standard InChI is InChI=1S/C21H33N3O/c1-17(19-8-10-22-11-9-19)14-21(25)23-20-7-5-6-18(15-20)16-24-12-3-2-4-13-24/h5-7,15,17,19,22H,2-4,8-14,16H2,1H3,(H,23,25). The number of hydrogen-bond acceptors (Lipinski definition) is 3. The lowest BCUT2D eigenvalue weighted by atomic mass is 9.84. The number of benzene rings is 1. The molecule has 2 heterocycles. The summed E-state index contributed by atoms with van der Waals surface area (Å²) in [6, 6.07) is 8.38. The Morgan fingerprint density at radius 2 is 2.00 bits per heavy atom. The van der Waals surface area contributed by atoms with E-state index >= 15 is 0 Å². The Hall–Kier alpha value is -1.39. The van der Waals surface area contributed by atoms with Crippen molar-refractivity contribution in [1.82, 2.24) is 10.2 Å². The summed E-state index contributed by atoms with van der Waals surface area (Å²) in [5, 5.41) is 6.51. The summed E-state index contributed by atoms with van der Waals surface area (Å²) in [4.78, 5) is 14.9. The van der Waals surface area contributed by atoms with Gasteiger partial charge in [-0.05, 0) is 81.4 Å². The molecule has 4 heteroatoms.